The van der Waals surface area contributed by atoms with Crippen molar-refractivity contribution in [2.45, 2.75) is 0 Å². The van der Waals surface area contributed by atoms with Gasteiger partial charge in [-0.25, -0.2) is 9.18 Å². The number of halogens is 1. The highest BCUT2D eigenvalue weighted by Crippen LogP contribution is 2.30. The zero-order chi connectivity index (χ0) is 14.7. The molecule has 0 unspecified atom stereocenters. The molecule has 0 radical (unpaired) electrons. The highest BCUT2D eigenvalue weighted by molar-refractivity contribution is 5.92. The standard InChI is InChI=1S/C13H8FNO5/c14-10-7-11(15(18)19)9(13(16)17)6-12(10)20-8-4-2-1-3-5-8/h1-7H,(H,16,17). The van der Waals surface area contributed by atoms with Crippen molar-refractivity contribution in [1.82, 2.24) is 0 Å². The Hall–Kier alpha value is -2.96. The van der Waals surface area contributed by atoms with Crippen LogP contribution < -0.4 is 4.74 Å². The number of rotatable bonds is 4. The molecule has 6 nitrogen and oxygen atoms in total. The smallest absolute Gasteiger partial charge is 0.342 e. The Morgan fingerprint density at radius 1 is 1.25 bits per heavy atom. The highest BCUT2D eigenvalue weighted by Gasteiger charge is 2.24. The molecule has 0 saturated heterocycles. The molecule has 7 heteroatoms. The van der Waals surface area contributed by atoms with Crippen molar-refractivity contribution < 1.29 is 24.0 Å². The highest BCUT2D eigenvalue weighted by atomic mass is 19.1. The summed E-state index contributed by atoms with van der Waals surface area (Å²) in [6.45, 7) is 0. The Bertz CT molecular complexity index is 672. The molecular weight excluding hydrogens is 269 g/mol. The van der Waals surface area contributed by atoms with Crippen LogP contribution in [0.5, 0.6) is 11.5 Å². The van der Waals surface area contributed by atoms with Crippen molar-refractivity contribution in [2.24, 2.45) is 0 Å². The third kappa shape index (κ3) is 2.72. The topological polar surface area (TPSA) is 89.7 Å². The fraction of sp³-hybridized carbons (Fsp3) is 0. The number of aromatic carboxylic acids is 1. The summed E-state index contributed by atoms with van der Waals surface area (Å²) in [5, 5.41) is 19.6. The van der Waals surface area contributed by atoms with Gasteiger partial charge in [0.25, 0.3) is 5.69 Å². The van der Waals surface area contributed by atoms with Crippen LogP contribution in [0, 0.1) is 15.9 Å². The molecule has 102 valence electrons. The molecule has 0 heterocycles. The van der Waals surface area contributed by atoms with Gasteiger partial charge in [0.05, 0.1) is 11.0 Å². The van der Waals surface area contributed by atoms with Gasteiger partial charge in [-0.05, 0) is 12.1 Å². The maximum atomic E-state index is 13.7. The van der Waals surface area contributed by atoms with Gasteiger partial charge in [-0.1, -0.05) is 18.2 Å². The summed E-state index contributed by atoms with van der Waals surface area (Å²) in [6, 6.07) is 9.43. The number of benzene rings is 2. The van der Waals surface area contributed by atoms with Crippen molar-refractivity contribution in [3.63, 3.8) is 0 Å². The monoisotopic (exact) mass is 277 g/mol. The van der Waals surface area contributed by atoms with E-state index >= 15 is 0 Å². The van der Waals surface area contributed by atoms with E-state index in [1.54, 1.807) is 30.3 Å². The van der Waals surface area contributed by atoms with E-state index in [4.69, 9.17) is 9.84 Å². The van der Waals surface area contributed by atoms with Gasteiger partial charge in [-0.3, -0.25) is 10.1 Å². The van der Waals surface area contributed by atoms with Crippen LogP contribution in [-0.4, -0.2) is 16.0 Å². The second-order valence-electron chi connectivity index (χ2n) is 3.78. The fourth-order valence-corrected chi connectivity index (χ4v) is 1.56. The van der Waals surface area contributed by atoms with Gasteiger partial charge in [0.2, 0.25) is 0 Å². The second-order valence-corrected chi connectivity index (χ2v) is 3.78. The SMILES string of the molecule is O=C(O)c1cc(Oc2ccccc2)c(F)cc1[N+](=O)[O-]. The van der Waals surface area contributed by atoms with Gasteiger partial charge in [0.15, 0.2) is 11.6 Å². The van der Waals surface area contributed by atoms with Crippen LogP contribution >= 0.6 is 0 Å². The Balaban J connectivity index is 2.47. The predicted molar refractivity (Wildman–Crippen MR) is 66.5 cm³/mol. The van der Waals surface area contributed by atoms with Gasteiger partial charge in [0, 0.05) is 6.07 Å². The quantitative estimate of drug-likeness (QED) is 0.684. The molecule has 2 aromatic carbocycles. The van der Waals surface area contributed by atoms with Crippen LogP contribution in [0.25, 0.3) is 0 Å². The maximum Gasteiger partial charge on any atom is 0.342 e. The molecule has 0 saturated carbocycles. The molecule has 0 aliphatic heterocycles. The van der Waals surface area contributed by atoms with Gasteiger partial charge in [-0.15, -0.1) is 0 Å². The lowest BCUT2D eigenvalue weighted by atomic mass is 10.1. The minimum atomic E-state index is -1.53. The number of nitro groups is 1. The fourth-order valence-electron chi connectivity index (χ4n) is 1.56. The van der Waals surface area contributed by atoms with E-state index in [9.17, 15) is 19.3 Å². The van der Waals surface area contributed by atoms with E-state index in [2.05, 4.69) is 0 Å². The van der Waals surface area contributed by atoms with Crippen LogP contribution in [-0.2, 0) is 0 Å². The minimum Gasteiger partial charge on any atom is -0.477 e. The number of para-hydroxylation sites is 1. The molecule has 0 atom stereocenters. The number of carboxylic acids is 1. The molecule has 0 fully saturated rings. The minimum absolute atomic E-state index is 0.289. The first-order valence-electron chi connectivity index (χ1n) is 5.43. The molecule has 0 bridgehead atoms. The number of carbonyl (C=O) groups is 1. The average molecular weight is 277 g/mol. The summed E-state index contributed by atoms with van der Waals surface area (Å²) >= 11 is 0. The van der Waals surface area contributed by atoms with E-state index < -0.39 is 28.0 Å². The van der Waals surface area contributed by atoms with E-state index in [0.717, 1.165) is 6.07 Å². The molecule has 0 aliphatic rings. The molecule has 20 heavy (non-hydrogen) atoms. The summed E-state index contributed by atoms with van der Waals surface area (Å²) in [6.07, 6.45) is 0. The summed E-state index contributed by atoms with van der Waals surface area (Å²) in [7, 11) is 0. The van der Waals surface area contributed by atoms with E-state index in [-0.39, 0.29) is 11.5 Å². The van der Waals surface area contributed by atoms with E-state index in [0.29, 0.717) is 6.07 Å². The normalized spacial score (nSPS) is 10.1. The zero-order valence-corrected chi connectivity index (χ0v) is 9.95. The van der Waals surface area contributed by atoms with E-state index in [1.807, 2.05) is 0 Å². The van der Waals surface area contributed by atoms with Crippen LogP contribution in [0.2, 0.25) is 0 Å². The number of nitro benzene ring substituents is 1. The Morgan fingerprint density at radius 2 is 1.90 bits per heavy atom. The first kappa shape index (κ1) is 13.5. The lowest BCUT2D eigenvalue weighted by Gasteiger charge is -2.07. The molecule has 1 N–H and O–H groups in total. The van der Waals surface area contributed by atoms with Crippen molar-refractivity contribution in [2.75, 3.05) is 0 Å². The number of carboxylic acid groups (broad SMARTS) is 1. The summed E-state index contributed by atoms with van der Waals surface area (Å²) in [4.78, 5) is 20.7. The predicted octanol–water partition coefficient (Wildman–Crippen LogP) is 3.22. The number of hydrogen-bond donors (Lipinski definition) is 1. The largest absolute Gasteiger partial charge is 0.477 e. The third-order valence-corrected chi connectivity index (χ3v) is 2.45. The van der Waals surface area contributed by atoms with Crippen molar-refractivity contribution in [1.29, 1.82) is 0 Å². The van der Waals surface area contributed by atoms with Crippen LogP contribution in [0.15, 0.2) is 42.5 Å². The lowest BCUT2D eigenvalue weighted by molar-refractivity contribution is -0.385. The zero-order valence-electron chi connectivity index (χ0n) is 9.95. The van der Waals surface area contributed by atoms with Crippen molar-refractivity contribution in [3.8, 4) is 11.5 Å². The Labute approximate surface area is 112 Å². The van der Waals surface area contributed by atoms with Gasteiger partial charge < -0.3 is 9.84 Å². The molecular formula is C13H8FNO5. The number of hydrogen-bond acceptors (Lipinski definition) is 4. The van der Waals surface area contributed by atoms with Crippen molar-refractivity contribution >= 4 is 11.7 Å². The Morgan fingerprint density at radius 3 is 2.45 bits per heavy atom. The summed E-state index contributed by atoms with van der Waals surface area (Å²) in [5.41, 5.74) is -1.46. The average Bonchev–Trinajstić information content (AvgIpc) is 2.41. The first-order valence-corrected chi connectivity index (χ1v) is 5.43. The lowest BCUT2D eigenvalue weighted by Crippen LogP contribution is -2.04. The van der Waals surface area contributed by atoms with Gasteiger partial charge in [0.1, 0.15) is 11.3 Å². The molecule has 2 rings (SSSR count). The summed E-state index contributed by atoms with van der Waals surface area (Å²) in [5.74, 6) is -2.64. The van der Waals surface area contributed by atoms with Crippen LogP contribution in [0.1, 0.15) is 10.4 Å². The molecule has 0 spiro atoms. The molecule has 2 aromatic rings. The van der Waals surface area contributed by atoms with Crippen LogP contribution in [0.4, 0.5) is 10.1 Å². The maximum absolute atomic E-state index is 13.7. The second kappa shape index (κ2) is 5.35. The van der Waals surface area contributed by atoms with Crippen LogP contribution in [0.3, 0.4) is 0 Å². The number of nitrogens with zero attached hydrogens (tertiary/aromatic N) is 1. The number of ether oxygens (including phenoxy) is 1. The van der Waals surface area contributed by atoms with Gasteiger partial charge >= 0.3 is 5.97 Å². The van der Waals surface area contributed by atoms with Gasteiger partial charge in [-0.2, -0.15) is 0 Å². The molecule has 0 amide bonds. The van der Waals surface area contributed by atoms with Crippen molar-refractivity contribution in [3.05, 3.63) is 64.0 Å². The van der Waals surface area contributed by atoms with E-state index in [1.165, 1.54) is 0 Å². The summed E-state index contributed by atoms with van der Waals surface area (Å²) < 4.78 is 18.9. The Kier molecular flexibility index (Phi) is 3.60. The molecule has 0 aromatic heterocycles. The third-order valence-electron chi connectivity index (χ3n) is 2.45. The molecule has 0 aliphatic carbocycles. The first-order chi connectivity index (χ1) is 9.49.